The van der Waals surface area contributed by atoms with Crippen molar-refractivity contribution in [3.63, 3.8) is 0 Å². The van der Waals surface area contributed by atoms with Crippen LogP contribution in [0.1, 0.15) is 37.5 Å². The third kappa shape index (κ3) is 4.63. The van der Waals surface area contributed by atoms with Crippen LogP contribution in [-0.2, 0) is 18.5 Å². The highest BCUT2D eigenvalue weighted by atomic mass is 31.2. The standard InChI is InChI=1S/C25H30P/c1-25(2,3)26(19-22-13-7-4-8-14-22,20-23-15-9-5-10-16-23)21-24-17-11-6-12-18-24/h4-18H,19-21H2,1-3H3/q+1. The SMILES string of the molecule is CC(C)(C)[P+](Cc1ccccc1)(Cc1ccccc1)Cc1ccccc1. The second-order valence-electron chi connectivity index (χ2n) is 8.25. The molecule has 0 aliphatic carbocycles. The lowest BCUT2D eigenvalue weighted by Crippen LogP contribution is -2.25. The van der Waals surface area contributed by atoms with Gasteiger partial charge in [0.05, 0.1) is 23.6 Å². The lowest BCUT2D eigenvalue weighted by molar-refractivity contribution is 0.755. The molecule has 3 aromatic rings. The Morgan fingerprint density at radius 3 is 1.00 bits per heavy atom. The zero-order valence-electron chi connectivity index (χ0n) is 16.2. The fourth-order valence-corrected chi connectivity index (χ4v) is 8.17. The van der Waals surface area contributed by atoms with Gasteiger partial charge in [0.25, 0.3) is 0 Å². The van der Waals surface area contributed by atoms with Crippen LogP contribution in [0.3, 0.4) is 0 Å². The molecule has 0 spiro atoms. The minimum atomic E-state index is -1.35. The van der Waals surface area contributed by atoms with Gasteiger partial charge < -0.3 is 0 Å². The molecule has 0 aliphatic heterocycles. The molecule has 0 fully saturated rings. The predicted molar refractivity (Wildman–Crippen MR) is 117 cm³/mol. The van der Waals surface area contributed by atoms with Crippen molar-refractivity contribution < 1.29 is 0 Å². The molecular formula is C25H30P+. The van der Waals surface area contributed by atoms with Crippen LogP contribution in [0.5, 0.6) is 0 Å². The van der Waals surface area contributed by atoms with Gasteiger partial charge in [-0.15, -0.1) is 0 Å². The monoisotopic (exact) mass is 361 g/mol. The van der Waals surface area contributed by atoms with Gasteiger partial charge in [-0.25, -0.2) is 0 Å². The largest absolute Gasteiger partial charge is 0.0854 e. The van der Waals surface area contributed by atoms with E-state index in [1.807, 2.05) is 0 Å². The summed E-state index contributed by atoms with van der Waals surface area (Å²) in [6.45, 7) is 7.36. The molecule has 0 bridgehead atoms. The summed E-state index contributed by atoms with van der Waals surface area (Å²) in [4.78, 5) is 0. The minimum Gasteiger partial charge on any atom is -0.0622 e. The van der Waals surface area contributed by atoms with Crippen molar-refractivity contribution in [2.24, 2.45) is 0 Å². The Labute approximate surface area is 159 Å². The average Bonchev–Trinajstić information content (AvgIpc) is 2.63. The number of benzene rings is 3. The molecule has 0 heterocycles. The van der Waals surface area contributed by atoms with Crippen molar-refractivity contribution in [3.05, 3.63) is 108 Å². The van der Waals surface area contributed by atoms with Crippen LogP contribution in [0.25, 0.3) is 0 Å². The van der Waals surface area contributed by atoms with Gasteiger partial charge in [0.2, 0.25) is 0 Å². The molecule has 0 saturated carbocycles. The number of hydrogen-bond donors (Lipinski definition) is 0. The van der Waals surface area contributed by atoms with Gasteiger partial charge in [0.15, 0.2) is 0 Å². The number of hydrogen-bond acceptors (Lipinski definition) is 0. The van der Waals surface area contributed by atoms with E-state index in [1.165, 1.54) is 35.2 Å². The van der Waals surface area contributed by atoms with Crippen molar-refractivity contribution in [2.75, 3.05) is 0 Å². The van der Waals surface area contributed by atoms with E-state index in [0.717, 1.165) is 0 Å². The van der Waals surface area contributed by atoms with Crippen LogP contribution < -0.4 is 0 Å². The fraction of sp³-hybridized carbons (Fsp3) is 0.280. The second-order valence-corrected chi connectivity index (χ2v) is 12.8. The van der Waals surface area contributed by atoms with Gasteiger partial charge in [0.1, 0.15) is 0 Å². The Hall–Kier alpha value is -1.91. The summed E-state index contributed by atoms with van der Waals surface area (Å²) in [5.41, 5.74) is 4.42. The molecule has 0 nitrogen and oxygen atoms in total. The van der Waals surface area contributed by atoms with Gasteiger partial charge in [-0.1, -0.05) is 91.0 Å². The third-order valence-corrected chi connectivity index (χ3v) is 11.2. The zero-order chi connectivity index (χ0) is 18.5. The van der Waals surface area contributed by atoms with E-state index in [0.29, 0.717) is 0 Å². The Kier molecular flexibility index (Phi) is 5.94. The van der Waals surface area contributed by atoms with Crippen LogP contribution in [-0.4, -0.2) is 5.16 Å². The molecule has 0 atom stereocenters. The summed E-state index contributed by atoms with van der Waals surface area (Å²) in [7, 11) is -1.35. The normalized spacial score (nSPS) is 12.1. The summed E-state index contributed by atoms with van der Waals surface area (Å²) in [6.07, 6.45) is 3.59. The Bertz CT molecular complexity index is 684. The van der Waals surface area contributed by atoms with Crippen LogP contribution in [0.2, 0.25) is 0 Å². The van der Waals surface area contributed by atoms with E-state index in [9.17, 15) is 0 Å². The first-order chi connectivity index (χ1) is 12.5. The highest BCUT2D eigenvalue weighted by Gasteiger charge is 2.49. The Morgan fingerprint density at radius 1 is 0.500 bits per heavy atom. The van der Waals surface area contributed by atoms with Gasteiger partial charge in [0, 0.05) is 7.26 Å². The Balaban J connectivity index is 2.04. The molecule has 3 aromatic carbocycles. The number of rotatable bonds is 6. The van der Waals surface area contributed by atoms with Crippen molar-refractivity contribution >= 4 is 7.26 Å². The van der Waals surface area contributed by atoms with Crippen LogP contribution in [0.15, 0.2) is 91.0 Å². The van der Waals surface area contributed by atoms with Crippen LogP contribution >= 0.6 is 7.26 Å². The summed E-state index contributed by atoms with van der Waals surface area (Å²) in [6, 6.07) is 33.2. The average molecular weight is 361 g/mol. The smallest absolute Gasteiger partial charge is 0.0622 e. The molecule has 1 heteroatoms. The topological polar surface area (TPSA) is 0 Å². The molecule has 0 unspecified atom stereocenters. The molecule has 0 aliphatic rings. The molecule has 0 radical (unpaired) electrons. The lowest BCUT2D eigenvalue weighted by atomic mass is 10.2. The summed E-state index contributed by atoms with van der Waals surface area (Å²) in [5.74, 6) is 0. The van der Waals surface area contributed by atoms with E-state index in [1.54, 1.807) is 0 Å². The van der Waals surface area contributed by atoms with E-state index in [2.05, 4.69) is 112 Å². The second kappa shape index (κ2) is 8.19. The van der Waals surface area contributed by atoms with Crippen LogP contribution in [0.4, 0.5) is 0 Å². The van der Waals surface area contributed by atoms with E-state index in [4.69, 9.17) is 0 Å². The quantitative estimate of drug-likeness (QED) is 0.401. The highest BCUT2D eigenvalue weighted by molar-refractivity contribution is 7.75. The van der Waals surface area contributed by atoms with Gasteiger partial charge in [-0.05, 0) is 37.5 Å². The molecule has 0 aromatic heterocycles. The molecule has 26 heavy (non-hydrogen) atoms. The van der Waals surface area contributed by atoms with Crippen LogP contribution in [0, 0.1) is 0 Å². The maximum atomic E-state index is 2.45. The minimum absolute atomic E-state index is 0.286. The predicted octanol–water partition coefficient (Wildman–Crippen LogP) is 7.40. The molecule has 0 amide bonds. The molecule has 3 rings (SSSR count). The van der Waals surface area contributed by atoms with Gasteiger partial charge in [-0.2, -0.15) is 0 Å². The maximum Gasteiger partial charge on any atom is 0.0854 e. The maximum absolute atomic E-state index is 2.45. The van der Waals surface area contributed by atoms with E-state index < -0.39 is 7.26 Å². The van der Waals surface area contributed by atoms with Gasteiger partial charge in [-0.3, -0.25) is 0 Å². The first kappa shape index (κ1) is 18.9. The Morgan fingerprint density at radius 2 is 0.769 bits per heavy atom. The fourth-order valence-electron chi connectivity index (χ4n) is 3.68. The zero-order valence-corrected chi connectivity index (χ0v) is 17.1. The molecule has 134 valence electrons. The van der Waals surface area contributed by atoms with E-state index >= 15 is 0 Å². The summed E-state index contributed by atoms with van der Waals surface area (Å²) >= 11 is 0. The first-order valence-corrected chi connectivity index (χ1v) is 11.8. The molecule has 0 saturated heterocycles. The molecular weight excluding hydrogens is 331 g/mol. The van der Waals surface area contributed by atoms with Gasteiger partial charge >= 0.3 is 0 Å². The van der Waals surface area contributed by atoms with Crippen molar-refractivity contribution in [2.45, 2.75) is 44.4 Å². The summed E-state index contributed by atoms with van der Waals surface area (Å²) in [5, 5.41) is 0.286. The third-order valence-electron chi connectivity index (χ3n) is 5.41. The van der Waals surface area contributed by atoms with Crippen molar-refractivity contribution in [1.29, 1.82) is 0 Å². The van der Waals surface area contributed by atoms with E-state index in [-0.39, 0.29) is 5.16 Å². The lowest BCUT2D eigenvalue weighted by Gasteiger charge is -2.39. The molecule has 0 N–H and O–H groups in total. The van der Waals surface area contributed by atoms with Crippen molar-refractivity contribution in [1.82, 2.24) is 0 Å². The summed E-state index contributed by atoms with van der Waals surface area (Å²) < 4.78 is 0. The first-order valence-electron chi connectivity index (χ1n) is 9.47. The van der Waals surface area contributed by atoms with Crippen molar-refractivity contribution in [3.8, 4) is 0 Å². The highest BCUT2D eigenvalue weighted by Crippen LogP contribution is 2.74.